The highest BCUT2D eigenvalue weighted by Gasteiger charge is 2.07. The topological polar surface area (TPSA) is 38.3 Å². The number of carbonyl (C=O) groups is 1. The summed E-state index contributed by atoms with van der Waals surface area (Å²) >= 11 is 5.38. The minimum atomic E-state index is -0.530. The Hall–Kier alpha value is -1.29. The van der Waals surface area contributed by atoms with Gasteiger partial charge in [-0.15, -0.1) is 11.6 Å². The Labute approximate surface area is 92.2 Å². The second kappa shape index (κ2) is 5.56. The highest BCUT2D eigenvalue weighted by atomic mass is 35.5. The lowest BCUT2D eigenvalue weighted by molar-refractivity contribution is -0.115. The number of anilines is 1. The van der Waals surface area contributed by atoms with Crippen molar-refractivity contribution in [1.29, 1.82) is 0 Å². The number of benzene rings is 1. The molecule has 0 saturated heterocycles. The fraction of sp³-hybridized carbons (Fsp3) is 0.300. The van der Waals surface area contributed by atoms with E-state index in [1.807, 2.05) is 0 Å². The van der Waals surface area contributed by atoms with Gasteiger partial charge < -0.3 is 10.1 Å². The molecule has 0 heterocycles. The smallest absolute Gasteiger partial charge is 0.225 e. The van der Waals surface area contributed by atoms with E-state index in [2.05, 4.69) is 5.32 Å². The van der Waals surface area contributed by atoms with Gasteiger partial charge in [-0.05, 0) is 12.1 Å². The van der Waals surface area contributed by atoms with Gasteiger partial charge in [-0.3, -0.25) is 4.79 Å². The zero-order valence-corrected chi connectivity index (χ0v) is 8.97. The van der Waals surface area contributed by atoms with E-state index in [0.29, 0.717) is 5.75 Å². The molecular formula is C10H11ClFNO2. The lowest BCUT2D eigenvalue weighted by Crippen LogP contribution is -2.12. The van der Waals surface area contributed by atoms with Crippen LogP contribution in [0.2, 0.25) is 0 Å². The number of hydrogen-bond donors (Lipinski definition) is 1. The van der Waals surface area contributed by atoms with E-state index in [1.54, 1.807) is 6.07 Å². The lowest BCUT2D eigenvalue weighted by Gasteiger charge is -2.06. The Morgan fingerprint density at radius 2 is 2.33 bits per heavy atom. The molecule has 0 aliphatic heterocycles. The molecule has 0 unspecified atom stereocenters. The van der Waals surface area contributed by atoms with Crippen molar-refractivity contribution in [1.82, 2.24) is 0 Å². The summed E-state index contributed by atoms with van der Waals surface area (Å²) in [4.78, 5) is 11.1. The molecule has 0 saturated carbocycles. The summed E-state index contributed by atoms with van der Waals surface area (Å²) in [7, 11) is 1.44. The van der Waals surface area contributed by atoms with Crippen LogP contribution in [0.15, 0.2) is 18.2 Å². The highest BCUT2D eigenvalue weighted by Crippen LogP contribution is 2.20. The molecule has 0 atom stereocenters. The first-order valence-electron chi connectivity index (χ1n) is 4.36. The second-order valence-corrected chi connectivity index (χ2v) is 3.21. The molecule has 1 rings (SSSR count). The van der Waals surface area contributed by atoms with Gasteiger partial charge in [0.15, 0.2) is 0 Å². The number of halogens is 2. The van der Waals surface area contributed by atoms with Gasteiger partial charge in [0, 0.05) is 18.4 Å². The molecule has 0 spiro atoms. The third kappa shape index (κ3) is 3.40. The molecule has 1 amide bonds. The predicted octanol–water partition coefficient (Wildman–Crippen LogP) is 2.40. The fourth-order valence-corrected chi connectivity index (χ4v) is 1.19. The zero-order chi connectivity index (χ0) is 11.3. The van der Waals surface area contributed by atoms with Crippen molar-refractivity contribution in [3.8, 4) is 5.75 Å². The van der Waals surface area contributed by atoms with Crippen molar-refractivity contribution in [2.75, 3.05) is 18.3 Å². The van der Waals surface area contributed by atoms with Crippen LogP contribution in [-0.4, -0.2) is 18.9 Å². The number of rotatable bonds is 4. The SMILES string of the molecule is COc1ccc(NC(=O)CCCl)c(F)c1. The lowest BCUT2D eigenvalue weighted by atomic mass is 10.2. The summed E-state index contributed by atoms with van der Waals surface area (Å²) in [6.07, 6.45) is 0.160. The second-order valence-electron chi connectivity index (χ2n) is 2.83. The average Bonchev–Trinajstić information content (AvgIpc) is 2.21. The summed E-state index contributed by atoms with van der Waals surface area (Å²) in [5.41, 5.74) is 0.130. The van der Waals surface area contributed by atoms with Crippen LogP contribution in [-0.2, 0) is 4.79 Å². The van der Waals surface area contributed by atoms with E-state index in [9.17, 15) is 9.18 Å². The van der Waals surface area contributed by atoms with Gasteiger partial charge in [-0.25, -0.2) is 4.39 Å². The molecule has 0 bridgehead atoms. The van der Waals surface area contributed by atoms with Crippen LogP contribution in [0.25, 0.3) is 0 Å². The van der Waals surface area contributed by atoms with Crippen molar-refractivity contribution in [3.63, 3.8) is 0 Å². The number of carbonyl (C=O) groups excluding carboxylic acids is 1. The molecule has 0 aromatic heterocycles. The van der Waals surface area contributed by atoms with Gasteiger partial charge in [-0.2, -0.15) is 0 Å². The highest BCUT2D eigenvalue weighted by molar-refractivity contribution is 6.19. The number of hydrogen-bond acceptors (Lipinski definition) is 2. The summed E-state index contributed by atoms with van der Waals surface area (Å²) in [6.45, 7) is 0. The normalized spacial score (nSPS) is 9.80. The third-order valence-electron chi connectivity index (χ3n) is 1.77. The van der Waals surface area contributed by atoms with Crippen molar-refractivity contribution >= 4 is 23.2 Å². The molecule has 1 aromatic rings. The molecule has 0 aliphatic rings. The van der Waals surface area contributed by atoms with E-state index in [-0.39, 0.29) is 23.9 Å². The molecule has 82 valence electrons. The standard InChI is InChI=1S/C10H11ClFNO2/c1-15-7-2-3-9(8(12)6-7)13-10(14)4-5-11/h2-3,6H,4-5H2,1H3,(H,13,14). The summed E-state index contributed by atoms with van der Waals surface area (Å²) in [5, 5.41) is 2.41. The molecule has 0 radical (unpaired) electrons. The van der Waals surface area contributed by atoms with Crippen LogP contribution in [0.4, 0.5) is 10.1 Å². The van der Waals surface area contributed by atoms with Crippen LogP contribution in [0.5, 0.6) is 5.75 Å². The minimum Gasteiger partial charge on any atom is -0.497 e. The van der Waals surface area contributed by atoms with Crippen molar-refractivity contribution in [2.45, 2.75) is 6.42 Å². The van der Waals surface area contributed by atoms with Crippen LogP contribution >= 0.6 is 11.6 Å². The van der Waals surface area contributed by atoms with Crippen molar-refractivity contribution in [2.24, 2.45) is 0 Å². The van der Waals surface area contributed by atoms with Gasteiger partial charge in [-0.1, -0.05) is 0 Å². The monoisotopic (exact) mass is 231 g/mol. The molecule has 3 nitrogen and oxygen atoms in total. The maximum atomic E-state index is 13.3. The Bertz CT molecular complexity index is 357. The van der Waals surface area contributed by atoms with E-state index in [4.69, 9.17) is 16.3 Å². The first-order valence-corrected chi connectivity index (χ1v) is 4.90. The summed E-state index contributed by atoms with van der Waals surface area (Å²) in [6, 6.07) is 4.22. The van der Waals surface area contributed by atoms with Gasteiger partial charge in [0.05, 0.1) is 12.8 Å². The number of nitrogens with one attached hydrogen (secondary N) is 1. The van der Waals surface area contributed by atoms with Gasteiger partial charge >= 0.3 is 0 Å². The quantitative estimate of drug-likeness (QED) is 0.809. The Balaban J connectivity index is 2.73. The molecule has 15 heavy (non-hydrogen) atoms. The molecular weight excluding hydrogens is 221 g/mol. The first-order chi connectivity index (χ1) is 7.17. The van der Waals surface area contributed by atoms with Crippen molar-refractivity contribution < 1.29 is 13.9 Å². The van der Waals surface area contributed by atoms with Crippen molar-refractivity contribution in [3.05, 3.63) is 24.0 Å². The molecule has 0 fully saturated rings. The number of amides is 1. The Morgan fingerprint density at radius 1 is 1.60 bits per heavy atom. The number of alkyl halides is 1. The molecule has 0 aliphatic carbocycles. The van der Waals surface area contributed by atoms with E-state index < -0.39 is 5.82 Å². The fourth-order valence-electron chi connectivity index (χ4n) is 1.02. The van der Waals surface area contributed by atoms with Crippen LogP contribution in [0.3, 0.4) is 0 Å². The first kappa shape index (κ1) is 11.8. The van der Waals surface area contributed by atoms with Gasteiger partial charge in [0.2, 0.25) is 5.91 Å². The molecule has 1 N–H and O–H groups in total. The van der Waals surface area contributed by atoms with E-state index in [1.165, 1.54) is 19.2 Å². The van der Waals surface area contributed by atoms with Crippen LogP contribution in [0, 0.1) is 5.82 Å². The molecule has 1 aromatic carbocycles. The maximum Gasteiger partial charge on any atom is 0.225 e. The Morgan fingerprint density at radius 3 is 2.87 bits per heavy atom. The Kier molecular flexibility index (Phi) is 4.37. The average molecular weight is 232 g/mol. The zero-order valence-electron chi connectivity index (χ0n) is 8.22. The van der Waals surface area contributed by atoms with Crippen LogP contribution < -0.4 is 10.1 Å². The predicted molar refractivity (Wildman–Crippen MR) is 56.9 cm³/mol. The van der Waals surface area contributed by atoms with Crippen LogP contribution in [0.1, 0.15) is 6.42 Å². The largest absolute Gasteiger partial charge is 0.497 e. The molecule has 5 heteroatoms. The van der Waals surface area contributed by atoms with Gasteiger partial charge in [0.25, 0.3) is 0 Å². The minimum absolute atomic E-state index is 0.130. The van der Waals surface area contributed by atoms with E-state index in [0.717, 1.165) is 0 Å². The summed E-state index contributed by atoms with van der Waals surface area (Å²) < 4.78 is 18.1. The number of ether oxygens (including phenoxy) is 1. The third-order valence-corrected chi connectivity index (χ3v) is 1.96. The number of methoxy groups -OCH3 is 1. The maximum absolute atomic E-state index is 13.3. The van der Waals surface area contributed by atoms with E-state index >= 15 is 0 Å². The summed E-state index contributed by atoms with van der Waals surface area (Å²) in [5.74, 6) is -0.224. The van der Waals surface area contributed by atoms with Gasteiger partial charge in [0.1, 0.15) is 11.6 Å².